The van der Waals surface area contributed by atoms with Crippen LogP contribution in [0, 0.1) is 0 Å². The lowest BCUT2D eigenvalue weighted by Crippen LogP contribution is -2.38. The van der Waals surface area contributed by atoms with Gasteiger partial charge in [-0.1, -0.05) is 30.3 Å². The smallest absolute Gasteiger partial charge is 0.220 e. The molecular formula is C22H24N2O2. The number of ether oxygens (including phenoxy) is 1. The Morgan fingerprint density at radius 1 is 1.23 bits per heavy atom. The third-order valence-electron chi connectivity index (χ3n) is 5.24. The number of amides is 1. The summed E-state index contributed by atoms with van der Waals surface area (Å²) in [7, 11) is 1.69. The Balaban J connectivity index is 1.42. The second-order valence-corrected chi connectivity index (χ2v) is 6.99. The number of hydrogen-bond donors (Lipinski definition) is 2. The van der Waals surface area contributed by atoms with Crippen molar-refractivity contribution < 1.29 is 9.53 Å². The molecule has 4 rings (SSSR count). The van der Waals surface area contributed by atoms with E-state index in [1.165, 1.54) is 22.2 Å². The van der Waals surface area contributed by atoms with Crippen molar-refractivity contribution in [1.29, 1.82) is 0 Å². The van der Waals surface area contributed by atoms with Crippen LogP contribution in [0.15, 0.2) is 48.5 Å². The molecule has 1 atom stereocenters. The van der Waals surface area contributed by atoms with E-state index in [1.54, 1.807) is 7.11 Å². The zero-order chi connectivity index (χ0) is 17.9. The van der Waals surface area contributed by atoms with Crippen LogP contribution in [0.4, 0.5) is 0 Å². The summed E-state index contributed by atoms with van der Waals surface area (Å²) in [5.74, 6) is 1.01. The first kappa shape index (κ1) is 16.7. The van der Waals surface area contributed by atoms with Gasteiger partial charge in [0.25, 0.3) is 0 Å². The molecule has 0 fully saturated rings. The summed E-state index contributed by atoms with van der Waals surface area (Å²) in [5.41, 5.74) is 4.96. The lowest BCUT2D eigenvalue weighted by molar-refractivity contribution is -0.121. The van der Waals surface area contributed by atoms with Crippen LogP contribution in [0.1, 0.15) is 29.7 Å². The highest BCUT2D eigenvalue weighted by Crippen LogP contribution is 2.31. The number of benzene rings is 2. The molecule has 0 spiro atoms. The molecule has 2 aromatic carbocycles. The lowest BCUT2D eigenvalue weighted by Gasteiger charge is -2.23. The topological polar surface area (TPSA) is 54.1 Å². The molecule has 3 aromatic rings. The molecule has 0 aliphatic heterocycles. The fourth-order valence-corrected chi connectivity index (χ4v) is 3.85. The molecule has 4 heteroatoms. The standard InChI is InChI=1S/C22H24N2O2/c1-26-17-9-11-21-19(14-17)18-13-16(8-10-20(18)24-21)23-22(25)12-7-15-5-3-2-4-6-15/h2-6,9,11,14,16,24H,7-8,10,12-13H2,1H3,(H,23,25). The number of methoxy groups -OCH3 is 1. The van der Waals surface area contributed by atoms with Gasteiger partial charge in [0.2, 0.25) is 5.91 Å². The second-order valence-electron chi connectivity index (χ2n) is 6.99. The summed E-state index contributed by atoms with van der Waals surface area (Å²) < 4.78 is 5.36. The number of carbonyl (C=O) groups excluding carboxylic acids is 1. The molecule has 0 saturated heterocycles. The van der Waals surface area contributed by atoms with E-state index in [2.05, 4.69) is 34.6 Å². The first-order chi connectivity index (χ1) is 12.7. The van der Waals surface area contributed by atoms with E-state index in [9.17, 15) is 4.79 Å². The van der Waals surface area contributed by atoms with E-state index >= 15 is 0 Å². The molecule has 0 saturated carbocycles. The van der Waals surface area contributed by atoms with Gasteiger partial charge in [-0.15, -0.1) is 0 Å². The Labute approximate surface area is 153 Å². The van der Waals surface area contributed by atoms with E-state index in [1.807, 2.05) is 24.3 Å². The number of H-pyrrole nitrogens is 1. The number of aromatic amines is 1. The normalized spacial score (nSPS) is 16.3. The Morgan fingerprint density at radius 3 is 2.88 bits per heavy atom. The van der Waals surface area contributed by atoms with E-state index in [4.69, 9.17) is 4.74 Å². The number of rotatable bonds is 5. The third kappa shape index (κ3) is 3.45. The first-order valence-electron chi connectivity index (χ1n) is 9.23. The van der Waals surface area contributed by atoms with Crippen molar-refractivity contribution in [2.45, 2.75) is 38.1 Å². The van der Waals surface area contributed by atoms with Crippen LogP contribution >= 0.6 is 0 Å². The van der Waals surface area contributed by atoms with Gasteiger partial charge in [-0.05, 0) is 55.0 Å². The SMILES string of the molecule is COc1ccc2[nH]c3c(c2c1)CC(NC(=O)CCc1ccccc1)CC3. The maximum absolute atomic E-state index is 12.4. The van der Waals surface area contributed by atoms with E-state index in [0.29, 0.717) is 6.42 Å². The van der Waals surface area contributed by atoms with E-state index in [-0.39, 0.29) is 11.9 Å². The van der Waals surface area contributed by atoms with Crippen LogP contribution in [-0.4, -0.2) is 24.0 Å². The number of hydrogen-bond acceptors (Lipinski definition) is 2. The average molecular weight is 348 g/mol. The maximum atomic E-state index is 12.4. The summed E-state index contributed by atoms with van der Waals surface area (Å²) in [6.07, 6.45) is 4.15. The molecule has 4 nitrogen and oxygen atoms in total. The number of nitrogens with one attached hydrogen (secondary N) is 2. The van der Waals surface area contributed by atoms with E-state index in [0.717, 1.165) is 36.9 Å². The molecular weight excluding hydrogens is 324 g/mol. The Morgan fingerprint density at radius 2 is 2.08 bits per heavy atom. The molecule has 1 aromatic heterocycles. The molecule has 1 amide bonds. The number of fused-ring (bicyclic) bond motifs is 3. The van der Waals surface area contributed by atoms with Crippen molar-refractivity contribution in [2.75, 3.05) is 7.11 Å². The van der Waals surface area contributed by atoms with Crippen LogP contribution < -0.4 is 10.1 Å². The van der Waals surface area contributed by atoms with E-state index < -0.39 is 0 Å². The average Bonchev–Trinajstić information content (AvgIpc) is 3.04. The van der Waals surface area contributed by atoms with Crippen molar-refractivity contribution in [1.82, 2.24) is 10.3 Å². The first-order valence-corrected chi connectivity index (χ1v) is 9.23. The van der Waals surface area contributed by atoms with Crippen LogP contribution in [0.5, 0.6) is 5.75 Å². The minimum Gasteiger partial charge on any atom is -0.497 e. The quantitative estimate of drug-likeness (QED) is 0.737. The van der Waals surface area contributed by atoms with Gasteiger partial charge < -0.3 is 15.0 Å². The minimum absolute atomic E-state index is 0.139. The summed E-state index contributed by atoms with van der Waals surface area (Å²) in [6, 6.07) is 16.5. The van der Waals surface area contributed by atoms with Gasteiger partial charge >= 0.3 is 0 Å². The zero-order valence-electron chi connectivity index (χ0n) is 15.0. The molecule has 1 aliphatic rings. The van der Waals surface area contributed by atoms with Gasteiger partial charge in [-0.2, -0.15) is 0 Å². The fourth-order valence-electron chi connectivity index (χ4n) is 3.85. The minimum atomic E-state index is 0.139. The van der Waals surface area contributed by atoms with Crippen molar-refractivity contribution >= 4 is 16.8 Å². The highest BCUT2D eigenvalue weighted by molar-refractivity contribution is 5.86. The fraction of sp³-hybridized carbons (Fsp3) is 0.318. The molecule has 26 heavy (non-hydrogen) atoms. The Bertz CT molecular complexity index is 915. The predicted octanol–water partition coefficient (Wildman–Crippen LogP) is 3.78. The number of aromatic nitrogens is 1. The summed E-state index contributed by atoms with van der Waals surface area (Å²) in [5, 5.41) is 4.44. The molecule has 1 heterocycles. The Hall–Kier alpha value is -2.75. The van der Waals surface area contributed by atoms with Crippen molar-refractivity contribution in [3.05, 3.63) is 65.4 Å². The molecule has 0 bridgehead atoms. The molecule has 0 radical (unpaired) electrons. The van der Waals surface area contributed by atoms with Crippen LogP contribution in [-0.2, 0) is 24.1 Å². The largest absolute Gasteiger partial charge is 0.497 e. The molecule has 134 valence electrons. The van der Waals surface area contributed by atoms with Crippen molar-refractivity contribution in [2.24, 2.45) is 0 Å². The van der Waals surface area contributed by atoms with Gasteiger partial charge in [-0.3, -0.25) is 4.79 Å². The van der Waals surface area contributed by atoms with Gasteiger partial charge in [0.05, 0.1) is 7.11 Å². The number of carbonyl (C=O) groups is 1. The van der Waals surface area contributed by atoms with Crippen LogP contribution in [0.2, 0.25) is 0 Å². The predicted molar refractivity (Wildman–Crippen MR) is 104 cm³/mol. The zero-order valence-corrected chi connectivity index (χ0v) is 15.0. The lowest BCUT2D eigenvalue weighted by atomic mass is 9.91. The summed E-state index contributed by atoms with van der Waals surface area (Å²) in [6.45, 7) is 0. The molecule has 2 N–H and O–H groups in total. The summed E-state index contributed by atoms with van der Waals surface area (Å²) >= 11 is 0. The Kier molecular flexibility index (Phi) is 4.65. The maximum Gasteiger partial charge on any atom is 0.220 e. The van der Waals surface area contributed by atoms with Gasteiger partial charge in [0, 0.05) is 29.1 Å². The van der Waals surface area contributed by atoms with Crippen molar-refractivity contribution in [3.8, 4) is 5.75 Å². The van der Waals surface area contributed by atoms with Crippen LogP contribution in [0.25, 0.3) is 10.9 Å². The van der Waals surface area contributed by atoms with Gasteiger partial charge in [-0.25, -0.2) is 0 Å². The highest BCUT2D eigenvalue weighted by atomic mass is 16.5. The van der Waals surface area contributed by atoms with Gasteiger partial charge in [0.15, 0.2) is 0 Å². The molecule has 1 aliphatic carbocycles. The number of aryl methyl sites for hydroxylation is 2. The van der Waals surface area contributed by atoms with Crippen molar-refractivity contribution in [3.63, 3.8) is 0 Å². The van der Waals surface area contributed by atoms with Gasteiger partial charge in [0.1, 0.15) is 5.75 Å². The monoisotopic (exact) mass is 348 g/mol. The highest BCUT2D eigenvalue weighted by Gasteiger charge is 2.23. The second kappa shape index (κ2) is 7.24. The summed E-state index contributed by atoms with van der Waals surface area (Å²) in [4.78, 5) is 15.9. The molecule has 1 unspecified atom stereocenters. The van der Waals surface area contributed by atoms with Crippen LogP contribution in [0.3, 0.4) is 0 Å². The third-order valence-corrected chi connectivity index (χ3v) is 5.24.